The Balaban J connectivity index is 4.07. The highest BCUT2D eigenvalue weighted by atomic mass is 28.4. The van der Waals surface area contributed by atoms with Crippen LogP contribution in [-0.2, 0) is 14.0 Å². The Morgan fingerprint density at radius 2 is 1.87 bits per heavy atom. The molecule has 0 aliphatic carbocycles. The molecule has 0 rings (SSSR count). The molecule has 0 radical (unpaired) electrons. The van der Waals surface area contributed by atoms with Crippen molar-refractivity contribution >= 4 is 14.3 Å². The Bertz CT molecular complexity index is 239. The monoisotopic (exact) mass is 230 g/mol. The summed E-state index contributed by atoms with van der Waals surface area (Å²) >= 11 is 0. The minimum Gasteiger partial charge on any atom is -0.466 e. The zero-order chi connectivity index (χ0) is 12.1. The van der Waals surface area contributed by atoms with Gasteiger partial charge in [-0.3, -0.25) is 0 Å². The molecular weight excluding hydrogens is 208 g/mol. The van der Waals surface area contributed by atoms with Crippen molar-refractivity contribution in [2.24, 2.45) is 0 Å². The van der Waals surface area contributed by atoms with Gasteiger partial charge in [0.15, 0.2) is 8.32 Å². The normalized spacial score (nSPS) is 13.2. The molecule has 88 valence electrons. The van der Waals surface area contributed by atoms with E-state index in [1.165, 1.54) is 13.2 Å². The van der Waals surface area contributed by atoms with Gasteiger partial charge in [-0.05, 0) is 18.1 Å². The van der Waals surface area contributed by atoms with Gasteiger partial charge in [-0.25, -0.2) is 4.79 Å². The predicted molar refractivity (Wildman–Crippen MR) is 64.3 cm³/mol. The van der Waals surface area contributed by atoms with Crippen molar-refractivity contribution in [3.8, 4) is 0 Å². The molecule has 0 aliphatic rings. The first-order valence-electron chi connectivity index (χ1n) is 5.09. The fourth-order valence-corrected chi connectivity index (χ4v) is 1.63. The highest BCUT2D eigenvalue weighted by molar-refractivity contribution is 6.74. The maximum Gasteiger partial charge on any atom is 0.330 e. The fourth-order valence-electron chi connectivity index (χ4n) is 0.685. The van der Waals surface area contributed by atoms with Crippen LogP contribution in [0.15, 0.2) is 12.2 Å². The molecule has 15 heavy (non-hydrogen) atoms. The van der Waals surface area contributed by atoms with Crippen molar-refractivity contribution in [1.29, 1.82) is 0 Å². The van der Waals surface area contributed by atoms with Crippen LogP contribution in [0.25, 0.3) is 0 Å². The van der Waals surface area contributed by atoms with E-state index in [1.54, 1.807) is 6.08 Å². The molecule has 4 heteroatoms. The van der Waals surface area contributed by atoms with Crippen molar-refractivity contribution in [2.75, 3.05) is 13.7 Å². The van der Waals surface area contributed by atoms with E-state index in [9.17, 15) is 4.79 Å². The summed E-state index contributed by atoms with van der Waals surface area (Å²) in [7, 11) is -0.328. The maximum absolute atomic E-state index is 10.8. The van der Waals surface area contributed by atoms with Crippen molar-refractivity contribution in [3.63, 3.8) is 0 Å². The second-order valence-electron chi connectivity index (χ2n) is 5.00. The predicted octanol–water partition coefficient (Wildman–Crippen LogP) is 2.74. The van der Waals surface area contributed by atoms with E-state index in [-0.39, 0.29) is 11.0 Å². The summed E-state index contributed by atoms with van der Waals surface area (Å²) in [5, 5.41) is 0.201. The van der Waals surface area contributed by atoms with Gasteiger partial charge in [0, 0.05) is 6.08 Å². The number of hydrogen-bond acceptors (Lipinski definition) is 3. The van der Waals surface area contributed by atoms with E-state index >= 15 is 0 Å². The molecule has 0 spiro atoms. The summed E-state index contributed by atoms with van der Waals surface area (Å²) in [6.45, 7) is 11.4. The summed E-state index contributed by atoms with van der Waals surface area (Å²) in [5.74, 6) is -0.339. The maximum atomic E-state index is 10.8. The Morgan fingerprint density at radius 3 is 2.27 bits per heavy atom. The van der Waals surface area contributed by atoms with Crippen LogP contribution >= 0.6 is 0 Å². The lowest BCUT2D eigenvalue weighted by atomic mass is 10.2. The third-order valence-corrected chi connectivity index (χ3v) is 7.30. The van der Waals surface area contributed by atoms with Crippen LogP contribution in [0.4, 0.5) is 0 Å². The summed E-state index contributed by atoms with van der Waals surface area (Å²) in [4.78, 5) is 10.8. The molecule has 0 N–H and O–H groups in total. The molecule has 0 amide bonds. The van der Waals surface area contributed by atoms with E-state index in [1.807, 2.05) is 0 Å². The highest BCUT2D eigenvalue weighted by Gasteiger charge is 2.36. The number of methoxy groups -OCH3 is 1. The number of ether oxygens (including phenoxy) is 1. The van der Waals surface area contributed by atoms with Gasteiger partial charge in [-0.2, -0.15) is 0 Å². The quantitative estimate of drug-likeness (QED) is 0.423. The SMILES string of the molecule is COC(=O)C=CCO[Si](C)(C)C(C)(C)C. The molecule has 0 unspecified atom stereocenters. The molecular formula is C11H22O3Si. The molecule has 0 aromatic carbocycles. The van der Waals surface area contributed by atoms with Crippen LogP contribution in [0, 0.1) is 0 Å². The minimum atomic E-state index is -1.69. The number of carbonyl (C=O) groups is 1. The Labute approximate surface area is 93.6 Å². The van der Waals surface area contributed by atoms with E-state index in [2.05, 4.69) is 38.6 Å². The van der Waals surface area contributed by atoms with Crippen molar-refractivity contribution in [2.45, 2.75) is 38.9 Å². The number of rotatable bonds is 4. The van der Waals surface area contributed by atoms with E-state index in [0.29, 0.717) is 6.61 Å². The number of carbonyl (C=O) groups excluding carboxylic acids is 1. The van der Waals surface area contributed by atoms with Crippen LogP contribution in [-0.4, -0.2) is 28.0 Å². The molecule has 0 saturated carbocycles. The first-order chi connectivity index (χ1) is 6.70. The fraction of sp³-hybridized carbons (Fsp3) is 0.727. The lowest BCUT2D eigenvalue weighted by molar-refractivity contribution is -0.134. The third-order valence-electron chi connectivity index (χ3n) is 2.80. The molecule has 0 saturated heterocycles. The average molecular weight is 230 g/mol. The molecule has 0 aromatic rings. The zero-order valence-electron chi connectivity index (χ0n) is 10.6. The Morgan fingerprint density at radius 1 is 1.33 bits per heavy atom. The minimum absolute atomic E-state index is 0.201. The van der Waals surface area contributed by atoms with Crippen LogP contribution in [0.1, 0.15) is 20.8 Å². The van der Waals surface area contributed by atoms with Gasteiger partial charge in [0.05, 0.1) is 13.7 Å². The van der Waals surface area contributed by atoms with E-state index in [0.717, 1.165) is 0 Å². The topological polar surface area (TPSA) is 35.5 Å². The number of hydrogen-bond donors (Lipinski definition) is 0. The summed E-state index contributed by atoms with van der Waals surface area (Å²) < 4.78 is 10.3. The van der Waals surface area contributed by atoms with Crippen molar-refractivity contribution in [1.82, 2.24) is 0 Å². The lowest BCUT2D eigenvalue weighted by Crippen LogP contribution is -2.40. The van der Waals surface area contributed by atoms with Gasteiger partial charge in [0.2, 0.25) is 0 Å². The van der Waals surface area contributed by atoms with Crippen LogP contribution < -0.4 is 0 Å². The molecule has 0 bridgehead atoms. The van der Waals surface area contributed by atoms with Crippen molar-refractivity contribution in [3.05, 3.63) is 12.2 Å². The molecule has 0 aromatic heterocycles. The smallest absolute Gasteiger partial charge is 0.330 e. The first-order valence-corrected chi connectivity index (χ1v) is 8.00. The lowest BCUT2D eigenvalue weighted by Gasteiger charge is -2.35. The summed E-state index contributed by atoms with van der Waals surface area (Å²) in [5.41, 5.74) is 0. The van der Waals surface area contributed by atoms with Gasteiger partial charge >= 0.3 is 5.97 Å². The van der Waals surface area contributed by atoms with Gasteiger partial charge < -0.3 is 9.16 Å². The average Bonchev–Trinajstić information content (AvgIpc) is 2.10. The molecule has 3 nitrogen and oxygen atoms in total. The summed E-state index contributed by atoms with van der Waals surface area (Å²) in [6, 6.07) is 0. The van der Waals surface area contributed by atoms with E-state index < -0.39 is 8.32 Å². The van der Waals surface area contributed by atoms with Gasteiger partial charge in [0.1, 0.15) is 0 Å². The highest BCUT2D eigenvalue weighted by Crippen LogP contribution is 2.36. The van der Waals surface area contributed by atoms with Crippen LogP contribution in [0.5, 0.6) is 0 Å². The molecule has 0 aliphatic heterocycles. The standard InChI is InChI=1S/C11H22O3Si/c1-11(2,3)15(5,6)14-9-7-8-10(12)13-4/h7-8H,9H2,1-6H3. The Hall–Kier alpha value is -0.613. The zero-order valence-corrected chi connectivity index (χ0v) is 11.6. The molecule has 0 fully saturated rings. The second-order valence-corrected chi connectivity index (χ2v) is 9.81. The van der Waals surface area contributed by atoms with Crippen molar-refractivity contribution < 1.29 is 14.0 Å². The second kappa shape index (κ2) is 5.46. The van der Waals surface area contributed by atoms with Gasteiger partial charge in [0.25, 0.3) is 0 Å². The molecule has 0 heterocycles. The first kappa shape index (κ1) is 14.4. The largest absolute Gasteiger partial charge is 0.466 e. The number of esters is 1. The van der Waals surface area contributed by atoms with Crippen LogP contribution in [0.3, 0.4) is 0 Å². The van der Waals surface area contributed by atoms with Gasteiger partial charge in [-0.1, -0.05) is 26.8 Å². The summed E-state index contributed by atoms with van der Waals surface area (Å²) in [6.07, 6.45) is 3.10. The third kappa shape index (κ3) is 5.13. The van der Waals surface area contributed by atoms with Gasteiger partial charge in [-0.15, -0.1) is 0 Å². The Kier molecular flexibility index (Phi) is 5.24. The van der Waals surface area contributed by atoms with Crippen LogP contribution in [0.2, 0.25) is 18.1 Å². The molecule has 0 atom stereocenters. The van der Waals surface area contributed by atoms with E-state index in [4.69, 9.17) is 4.43 Å².